The lowest BCUT2D eigenvalue weighted by Crippen LogP contribution is -2.15. The van der Waals surface area contributed by atoms with Gasteiger partial charge in [0, 0.05) is 12.1 Å². The van der Waals surface area contributed by atoms with Crippen LogP contribution in [0.15, 0.2) is 29.3 Å². The average Bonchev–Trinajstić information content (AvgIpc) is 3.03. The third kappa shape index (κ3) is 3.57. The Morgan fingerprint density at radius 1 is 1.44 bits per heavy atom. The van der Waals surface area contributed by atoms with Crippen molar-refractivity contribution in [1.29, 1.82) is 0 Å². The predicted octanol–water partition coefficient (Wildman–Crippen LogP) is 2.13. The molecule has 0 saturated heterocycles. The molecule has 142 valence electrons. The molecule has 0 spiro atoms. The largest absolute Gasteiger partial charge is 0.421 e. The molecule has 0 saturated carbocycles. The number of nitrogen functional groups attached to an aromatic ring is 1. The molecule has 12 heteroatoms. The van der Waals surface area contributed by atoms with Gasteiger partial charge in [0.25, 0.3) is 5.56 Å². The Bertz CT molecular complexity index is 1110. The molecule has 0 radical (unpaired) electrons. The van der Waals surface area contributed by atoms with Crippen molar-refractivity contribution >= 4 is 36.3 Å². The van der Waals surface area contributed by atoms with Crippen molar-refractivity contribution < 1.29 is 18.3 Å². The maximum atomic E-state index is 12.7. The second-order valence-electron chi connectivity index (χ2n) is 5.80. The summed E-state index contributed by atoms with van der Waals surface area (Å²) in [7, 11) is -3.47. The van der Waals surface area contributed by atoms with E-state index < -0.39 is 13.2 Å². The van der Waals surface area contributed by atoms with Gasteiger partial charge >= 0.3 is 7.60 Å². The van der Waals surface area contributed by atoms with Gasteiger partial charge in [-0.25, -0.2) is 9.55 Å². The fourth-order valence-electron chi connectivity index (χ4n) is 2.64. The van der Waals surface area contributed by atoms with Gasteiger partial charge < -0.3 is 19.6 Å². The lowest BCUT2D eigenvalue weighted by molar-refractivity contribution is 0.132. The number of aromatic amines is 1. The number of halogens is 1. The van der Waals surface area contributed by atoms with Crippen LogP contribution in [-0.2, 0) is 27.0 Å². The molecule has 3 heterocycles. The van der Waals surface area contributed by atoms with Crippen molar-refractivity contribution in [3.8, 4) is 5.75 Å². The number of hydrogen-bond acceptors (Lipinski definition) is 8. The van der Waals surface area contributed by atoms with Crippen molar-refractivity contribution in [2.45, 2.75) is 13.2 Å². The number of hydrogen-bond donors (Lipinski definition) is 2. The molecular weight excluding hydrogens is 397 g/mol. The summed E-state index contributed by atoms with van der Waals surface area (Å²) >= 11 is 6.08. The Labute approximate surface area is 157 Å². The molecule has 2 aromatic heterocycles. The number of aromatic nitrogens is 4. The quantitative estimate of drug-likeness (QED) is 0.481. The number of nitrogens with two attached hydrogens (primary N) is 1. The van der Waals surface area contributed by atoms with Crippen molar-refractivity contribution in [2.24, 2.45) is 0 Å². The van der Waals surface area contributed by atoms with Crippen LogP contribution < -0.4 is 15.8 Å². The van der Waals surface area contributed by atoms with Crippen molar-refractivity contribution in [1.82, 2.24) is 19.5 Å². The first kappa shape index (κ1) is 18.0. The highest BCUT2D eigenvalue weighted by Crippen LogP contribution is 2.55. The molecule has 0 fully saturated rings. The molecule has 0 amide bonds. The van der Waals surface area contributed by atoms with Gasteiger partial charge in [-0.2, -0.15) is 4.98 Å². The second-order valence-corrected chi connectivity index (χ2v) is 8.13. The van der Waals surface area contributed by atoms with Crippen LogP contribution in [0.3, 0.4) is 0 Å². The summed E-state index contributed by atoms with van der Waals surface area (Å²) in [6.07, 6.45) is 1.22. The van der Waals surface area contributed by atoms with E-state index in [-0.39, 0.29) is 31.0 Å². The van der Waals surface area contributed by atoms with Gasteiger partial charge in [0.2, 0.25) is 5.95 Å². The molecule has 10 nitrogen and oxygen atoms in total. The lowest BCUT2D eigenvalue weighted by Gasteiger charge is -2.26. The zero-order chi connectivity index (χ0) is 19.0. The van der Waals surface area contributed by atoms with Crippen LogP contribution in [0.5, 0.6) is 5.75 Å². The maximum Gasteiger partial charge on any atom is 0.405 e. The van der Waals surface area contributed by atoms with Crippen LogP contribution in [0.4, 0.5) is 5.95 Å². The Morgan fingerprint density at radius 3 is 3.15 bits per heavy atom. The van der Waals surface area contributed by atoms with Crippen LogP contribution in [0.1, 0.15) is 5.56 Å². The summed E-state index contributed by atoms with van der Waals surface area (Å²) in [5.74, 6) is 0.357. The summed E-state index contributed by atoms with van der Waals surface area (Å²) in [6, 6.07) is 5.21. The minimum absolute atomic E-state index is 0.000782. The highest BCUT2D eigenvalue weighted by atomic mass is 35.5. The molecule has 0 aliphatic carbocycles. The van der Waals surface area contributed by atoms with E-state index in [1.807, 2.05) is 0 Å². The summed E-state index contributed by atoms with van der Waals surface area (Å²) < 4.78 is 30.6. The van der Waals surface area contributed by atoms with Crippen molar-refractivity contribution in [3.63, 3.8) is 0 Å². The molecule has 1 aliphatic rings. The molecule has 27 heavy (non-hydrogen) atoms. The van der Waals surface area contributed by atoms with E-state index in [9.17, 15) is 9.36 Å². The number of H-pyrrole nitrogens is 1. The highest BCUT2D eigenvalue weighted by Gasteiger charge is 2.33. The Balaban J connectivity index is 1.39. The zero-order valence-corrected chi connectivity index (χ0v) is 15.6. The number of rotatable bonds is 5. The van der Waals surface area contributed by atoms with Crippen LogP contribution >= 0.6 is 19.2 Å². The number of nitrogens with one attached hydrogen (secondary N) is 1. The van der Waals surface area contributed by atoms with E-state index in [2.05, 4.69) is 15.0 Å². The fraction of sp³-hybridized carbons (Fsp3) is 0.267. The monoisotopic (exact) mass is 411 g/mol. The van der Waals surface area contributed by atoms with E-state index in [0.29, 0.717) is 23.0 Å². The van der Waals surface area contributed by atoms with E-state index in [1.165, 1.54) is 6.33 Å². The maximum absolute atomic E-state index is 12.7. The third-order valence-corrected chi connectivity index (χ3v) is 5.69. The Morgan fingerprint density at radius 2 is 2.30 bits per heavy atom. The van der Waals surface area contributed by atoms with Gasteiger partial charge in [-0.15, -0.1) is 0 Å². The number of fused-ring (bicyclic) bond motifs is 2. The molecule has 0 bridgehead atoms. The third-order valence-electron chi connectivity index (χ3n) is 3.91. The van der Waals surface area contributed by atoms with E-state index in [1.54, 1.807) is 22.8 Å². The van der Waals surface area contributed by atoms with E-state index in [0.717, 1.165) is 5.56 Å². The second kappa shape index (κ2) is 6.97. The molecule has 1 atom stereocenters. The normalized spacial score (nSPS) is 19.0. The minimum atomic E-state index is -3.47. The van der Waals surface area contributed by atoms with Crippen LogP contribution in [0.2, 0.25) is 5.02 Å². The van der Waals surface area contributed by atoms with E-state index in [4.69, 9.17) is 31.1 Å². The van der Waals surface area contributed by atoms with Crippen LogP contribution in [0, 0.1) is 0 Å². The number of para-hydroxylation sites is 1. The summed E-state index contributed by atoms with van der Waals surface area (Å²) in [6.45, 7) is 0.629. The number of nitrogens with zero attached hydrogens (tertiary/aromatic N) is 3. The molecule has 4 rings (SSSR count). The van der Waals surface area contributed by atoms with Gasteiger partial charge in [-0.1, -0.05) is 23.7 Å². The lowest BCUT2D eigenvalue weighted by atomic mass is 10.2. The first-order valence-electron chi connectivity index (χ1n) is 7.94. The van der Waals surface area contributed by atoms with Gasteiger partial charge in [0.05, 0.1) is 24.6 Å². The topological polar surface area (TPSA) is 134 Å². The van der Waals surface area contributed by atoms with Gasteiger partial charge in [-0.05, 0) is 6.07 Å². The summed E-state index contributed by atoms with van der Waals surface area (Å²) in [5, 5.41) is 0.370. The fourth-order valence-corrected chi connectivity index (χ4v) is 4.29. The minimum Gasteiger partial charge on any atom is -0.421 e. The zero-order valence-electron chi connectivity index (χ0n) is 13.9. The first-order valence-corrected chi connectivity index (χ1v) is 10.0. The molecule has 3 N–H and O–H groups in total. The van der Waals surface area contributed by atoms with Crippen LogP contribution in [0.25, 0.3) is 11.2 Å². The van der Waals surface area contributed by atoms with Crippen molar-refractivity contribution in [3.05, 3.63) is 45.5 Å². The van der Waals surface area contributed by atoms with Gasteiger partial charge in [0.1, 0.15) is 0 Å². The Kier molecular flexibility index (Phi) is 4.65. The Hall–Kier alpha value is -2.39. The molecule has 1 aromatic carbocycles. The number of anilines is 1. The summed E-state index contributed by atoms with van der Waals surface area (Å²) in [5.41, 5.74) is 6.40. The van der Waals surface area contributed by atoms with Crippen LogP contribution in [-0.4, -0.2) is 32.5 Å². The van der Waals surface area contributed by atoms with Crippen molar-refractivity contribution in [2.75, 3.05) is 18.7 Å². The standard InChI is InChI=1S/C15H15ClN5O5P/c16-10-3-1-2-9-6-25-27(23,26-12(9)10)8-24-5-4-21-7-18-11-13(21)19-15(17)20-14(11)22/h1-3,7H,4-6,8H2,(H3,17,19,20,22). The highest BCUT2D eigenvalue weighted by molar-refractivity contribution is 7.54. The SMILES string of the molecule is Nc1nc2c(ncn2CCOCP2(=O)OCc3cccc(Cl)c3O2)c(=O)[nH]1. The molecule has 3 aromatic rings. The number of imidazole rings is 1. The number of benzene rings is 1. The molecule has 1 aliphatic heterocycles. The molecule has 1 unspecified atom stereocenters. The van der Waals surface area contributed by atoms with Gasteiger partial charge in [-0.3, -0.25) is 14.3 Å². The van der Waals surface area contributed by atoms with Gasteiger partial charge in [0.15, 0.2) is 23.3 Å². The number of ether oxygens (including phenoxy) is 1. The average molecular weight is 412 g/mol. The first-order chi connectivity index (χ1) is 13.0. The summed E-state index contributed by atoms with van der Waals surface area (Å²) in [4.78, 5) is 22.2. The molecular formula is C15H15ClN5O5P. The predicted molar refractivity (Wildman–Crippen MR) is 97.9 cm³/mol. The van der Waals surface area contributed by atoms with E-state index >= 15 is 0 Å². The smallest absolute Gasteiger partial charge is 0.405 e.